The van der Waals surface area contributed by atoms with Crippen molar-refractivity contribution in [2.45, 2.75) is 39.4 Å². The van der Waals surface area contributed by atoms with Gasteiger partial charge in [0.05, 0.1) is 0 Å². The first-order chi connectivity index (χ1) is 18.3. The van der Waals surface area contributed by atoms with Gasteiger partial charge >= 0.3 is 0 Å². The van der Waals surface area contributed by atoms with Gasteiger partial charge in [0.25, 0.3) is 0 Å². The molecule has 4 aromatic rings. The van der Waals surface area contributed by atoms with E-state index in [0.29, 0.717) is 45.6 Å². The number of hydrogen-bond donors (Lipinski definition) is 3. The van der Waals surface area contributed by atoms with Crippen molar-refractivity contribution >= 4 is 52.5 Å². The number of carbonyl (C=O) groups excluding carboxylic acids is 1. The van der Waals surface area contributed by atoms with E-state index < -0.39 is 6.04 Å². The molecule has 198 valence electrons. The maximum Gasteiger partial charge on any atom is 0.242 e. The van der Waals surface area contributed by atoms with Crippen molar-refractivity contribution < 1.29 is 4.79 Å². The van der Waals surface area contributed by atoms with Gasteiger partial charge in [-0.2, -0.15) is 9.97 Å². The molecular formula is C27H28Cl3N7O. The standard InChI is InChI=1S/C27H28Cl3N7O/c1-17(2)10-23(26(38)32-15-19-6-7-21(29)12-22(19)30)34-24-13-25(37-9-8-31-16-37)36-27(35-24)33-14-18-4-3-5-20(28)11-18/h3-9,11-13,16-17,23H,10,14-15H2,1-2H3,(H,32,38)(H2,33,34,35,36)/t23-/m1/s1. The molecule has 4 rings (SSSR count). The molecule has 0 fully saturated rings. The van der Waals surface area contributed by atoms with Crippen LogP contribution >= 0.6 is 34.8 Å². The molecule has 0 saturated heterocycles. The SMILES string of the molecule is CC(C)C[C@@H](Nc1cc(-n2ccnc2)nc(NCc2cccc(Cl)c2)n1)C(=O)NCc1ccc(Cl)cc1Cl. The topological polar surface area (TPSA) is 96.8 Å². The Morgan fingerprint density at radius 3 is 2.53 bits per heavy atom. The summed E-state index contributed by atoms with van der Waals surface area (Å²) in [5.74, 6) is 1.59. The number of hydrogen-bond acceptors (Lipinski definition) is 6. The fraction of sp³-hybridized carbons (Fsp3) is 0.259. The molecule has 38 heavy (non-hydrogen) atoms. The second kappa shape index (κ2) is 13.0. The number of nitrogens with zero attached hydrogens (tertiary/aromatic N) is 4. The minimum absolute atomic E-state index is 0.166. The lowest BCUT2D eigenvalue weighted by Crippen LogP contribution is -2.40. The van der Waals surface area contributed by atoms with Gasteiger partial charge in [-0.25, -0.2) is 4.98 Å². The highest BCUT2D eigenvalue weighted by atomic mass is 35.5. The maximum absolute atomic E-state index is 13.2. The zero-order valence-corrected chi connectivity index (χ0v) is 23.2. The number of benzene rings is 2. The van der Waals surface area contributed by atoms with Gasteiger partial charge in [-0.3, -0.25) is 9.36 Å². The quantitative estimate of drug-likeness (QED) is 0.193. The fourth-order valence-corrected chi connectivity index (χ4v) is 4.48. The molecule has 11 heteroatoms. The van der Waals surface area contributed by atoms with Crippen LogP contribution in [0.25, 0.3) is 5.82 Å². The molecule has 0 radical (unpaired) electrons. The van der Waals surface area contributed by atoms with E-state index >= 15 is 0 Å². The minimum Gasteiger partial charge on any atom is -0.358 e. The average molecular weight is 573 g/mol. The van der Waals surface area contributed by atoms with Gasteiger partial charge in [-0.15, -0.1) is 0 Å². The number of rotatable bonds is 11. The summed E-state index contributed by atoms with van der Waals surface area (Å²) >= 11 is 18.4. The molecule has 0 unspecified atom stereocenters. The van der Waals surface area contributed by atoms with Crippen LogP contribution in [0.4, 0.5) is 11.8 Å². The summed E-state index contributed by atoms with van der Waals surface area (Å²) in [4.78, 5) is 26.6. The van der Waals surface area contributed by atoms with Gasteiger partial charge in [0, 0.05) is 46.6 Å². The zero-order chi connectivity index (χ0) is 27.1. The first kappa shape index (κ1) is 27.7. The normalized spacial score (nSPS) is 11.8. The van der Waals surface area contributed by atoms with Crippen LogP contribution in [0.2, 0.25) is 15.1 Å². The van der Waals surface area contributed by atoms with Crippen LogP contribution in [0, 0.1) is 5.92 Å². The van der Waals surface area contributed by atoms with Gasteiger partial charge in [-0.1, -0.05) is 66.8 Å². The van der Waals surface area contributed by atoms with Crippen molar-refractivity contribution in [3.05, 3.63) is 93.4 Å². The monoisotopic (exact) mass is 571 g/mol. The molecule has 3 N–H and O–H groups in total. The van der Waals surface area contributed by atoms with Crippen molar-refractivity contribution in [2.24, 2.45) is 5.92 Å². The lowest BCUT2D eigenvalue weighted by atomic mass is 10.0. The Labute approximate surface area is 236 Å². The van der Waals surface area contributed by atoms with Crippen LogP contribution in [0.15, 0.2) is 67.3 Å². The van der Waals surface area contributed by atoms with Crippen LogP contribution in [0.5, 0.6) is 0 Å². The number of halogens is 3. The predicted octanol–water partition coefficient (Wildman–Crippen LogP) is 6.38. The molecule has 0 aliphatic carbocycles. The van der Waals surface area contributed by atoms with Crippen molar-refractivity contribution in [1.29, 1.82) is 0 Å². The minimum atomic E-state index is -0.535. The maximum atomic E-state index is 13.2. The Bertz CT molecular complexity index is 1380. The summed E-state index contributed by atoms with van der Waals surface area (Å²) in [7, 11) is 0. The number of amides is 1. The number of anilines is 2. The number of aromatic nitrogens is 4. The molecule has 2 heterocycles. The Kier molecular flexibility index (Phi) is 9.44. The first-order valence-corrected chi connectivity index (χ1v) is 13.2. The lowest BCUT2D eigenvalue weighted by Gasteiger charge is -2.21. The van der Waals surface area contributed by atoms with E-state index in [0.717, 1.165) is 11.1 Å². The summed E-state index contributed by atoms with van der Waals surface area (Å²) in [5, 5.41) is 11.2. The molecule has 0 spiro atoms. The van der Waals surface area contributed by atoms with Crippen LogP contribution in [-0.2, 0) is 17.9 Å². The third-order valence-electron chi connectivity index (χ3n) is 5.64. The van der Waals surface area contributed by atoms with Gasteiger partial charge in [-0.05, 0) is 47.7 Å². The van der Waals surface area contributed by atoms with Crippen molar-refractivity contribution in [3.8, 4) is 5.82 Å². The van der Waals surface area contributed by atoms with Gasteiger partial charge in [0.2, 0.25) is 11.9 Å². The smallest absolute Gasteiger partial charge is 0.242 e. The number of carbonyl (C=O) groups is 1. The Morgan fingerprint density at radius 2 is 1.82 bits per heavy atom. The van der Waals surface area contributed by atoms with E-state index in [2.05, 4.69) is 44.7 Å². The van der Waals surface area contributed by atoms with E-state index in [1.807, 2.05) is 24.3 Å². The van der Waals surface area contributed by atoms with Crippen LogP contribution < -0.4 is 16.0 Å². The Morgan fingerprint density at radius 1 is 1.00 bits per heavy atom. The molecule has 1 amide bonds. The molecule has 0 aliphatic rings. The van der Waals surface area contributed by atoms with Crippen LogP contribution in [0.3, 0.4) is 0 Å². The molecule has 2 aromatic carbocycles. The molecule has 0 bridgehead atoms. The molecule has 8 nitrogen and oxygen atoms in total. The molecule has 1 atom stereocenters. The summed E-state index contributed by atoms with van der Waals surface area (Å²) in [6.45, 7) is 4.88. The molecular weight excluding hydrogens is 545 g/mol. The second-order valence-electron chi connectivity index (χ2n) is 9.17. The number of nitrogens with one attached hydrogen (secondary N) is 3. The third-order valence-corrected chi connectivity index (χ3v) is 6.46. The summed E-state index contributed by atoms with van der Waals surface area (Å²) in [5.41, 5.74) is 1.77. The van der Waals surface area contributed by atoms with Crippen LogP contribution in [-0.4, -0.2) is 31.5 Å². The van der Waals surface area contributed by atoms with Gasteiger partial charge in [0.1, 0.15) is 24.0 Å². The first-order valence-electron chi connectivity index (χ1n) is 12.1. The van der Waals surface area contributed by atoms with E-state index in [1.54, 1.807) is 47.6 Å². The Hall–Kier alpha value is -3.33. The summed E-state index contributed by atoms with van der Waals surface area (Å²) in [6, 6.07) is 14.0. The molecule has 0 saturated carbocycles. The largest absolute Gasteiger partial charge is 0.358 e. The second-order valence-corrected chi connectivity index (χ2v) is 10.4. The van der Waals surface area contributed by atoms with Crippen molar-refractivity contribution in [2.75, 3.05) is 10.6 Å². The average Bonchev–Trinajstić information content (AvgIpc) is 3.41. The Balaban J connectivity index is 1.54. The summed E-state index contributed by atoms with van der Waals surface area (Å²) in [6.07, 6.45) is 5.71. The van der Waals surface area contributed by atoms with Gasteiger partial charge in [0.15, 0.2) is 0 Å². The number of imidazole rings is 1. The van der Waals surface area contributed by atoms with E-state index in [9.17, 15) is 4.79 Å². The zero-order valence-electron chi connectivity index (χ0n) is 21.0. The highest BCUT2D eigenvalue weighted by molar-refractivity contribution is 6.35. The van der Waals surface area contributed by atoms with E-state index in [-0.39, 0.29) is 18.4 Å². The van der Waals surface area contributed by atoms with Gasteiger partial charge < -0.3 is 16.0 Å². The van der Waals surface area contributed by atoms with Crippen molar-refractivity contribution in [3.63, 3.8) is 0 Å². The molecule has 2 aromatic heterocycles. The van der Waals surface area contributed by atoms with E-state index in [4.69, 9.17) is 34.8 Å². The van der Waals surface area contributed by atoms with Crippen molar-refractivity contribution in [1.82, 2.24) is 24.8 Å². The van der Waals surface area contributed by atoms with E-state index in [1.165, 1.54) is 0 Å². The fourth-order valence-electron chi connectivity index (χ4n) is 3.79. The predicted molar refractivity (Wildman–Crippen MR) is 153 cm³/mol. The lowest BCUT2D eigenvalue weighted by molar-refractivity contribution is -0.122. The van der Waals surface area contributed by atoms with Crippen LogP contribution in [0.1, 0.15) is 31.4 Å². The third kappa shape index (κ3) is 7.84. The summed E-state index contributed by atoms with van der Waals surface area (Å²) < 4.78 is 1.78. The highest BCUT2D eigenvalue weighted by Gasteiger charge is 2.21. The molecule has 0 aliphatic heterocycles. The highest BCUT2D eigenvalue weighted by Crippen LogP contribution is 2.22.